The average Bonchev–Trinajstić information content (AvgIpc) is 2.62. The topological polar surface area (TPSA) is 74.2 Å². The molecule has 27 heavy (non-hydrogen) atoms. The number of β-amino-alcohol motifs (C(OH)–C–C–N with tert-alkyl or cyclic N) is 1. The number of benzene rings is 1. The Morgan fingerprint density at radius 1 is 1.22 bits per heavy atom. The third-order valence-electron chi connectivity index (χ3n) is 4.70. The van der Waals surface area contributed by atoms with Gasteiger partial charge in [0, 0.05) is 42.2 Å². The van der Waals surface area contributed by atoms with E-state index in [9.17, 15) is 13.9 Å². The maximum Gasteiger partial charge on any atom is 0.163 e. The highest BCUT2D eigenvalue weighted by Crippen LogP contribution is 2.30. The summed E-state index contributed by atoms with van der Waals surface area (Å²) in [6.07, 6.45) is 1.72. The monoisotopic (exact) mass is 371 g/mol. The van der Waals surface area contributed by atoms with Crippen molar-refractivity contribution < 1.29 is 13.9 Å². The molecule has 0 amide bonds. The Morgan fingerprint density at radius 2 is 2.00 bits per heavy atom. The normalized spacial score (nSPS) is 15.7. The second-order valence-electron chi connectivity index (χ2n) is 7.14. The van der Waals surface area contributed by atoms with Crippen LogP contribution in [0.4, 0.5) is 20.4 Å². The van der Waals surface area contributed by atoms with Gasteiger partial charge in [-0.15, -0.1) is 5.10 Å². The second kappa shape index (κ2) is 6.38. The molecular formula is C19H19F2N5O. The van der Waals surface area contributed by atoms with Gasteiger partial charge < -0.3 is 15.3 Å². The van der Waals surface area contributed by atoms with Crippen LogP contribution < -0.4 is 10.2 Å². The SMILES string of the molecule is Cc1nnc(NCc2cccc(F)c2F)c2cc(N3CC(C)(O)C3)ncc12. The first-order valence-corrected chi connectivity index (χ1v) is 8.61. The Labute approximate surface area is 154 Å². The van der Waals surface area contributed by atoms with Gasteiger partial charge in [0.25, 0.3) is 0 Å². The number of hydrogen-bond donors (Lipinski definition) is 2. The summed E-state index contributed by atoms with van der Waals surface area (Å²) < 4.78 is 27.3. The van der Waals surface area contributed by atoms with Gasteiger partial charge >= 0.3 is 0 Å². The number of aromatic nitrogens is 3. The van der Waals surface area contributed by atoms with Gasteiger partial charge in [-0.2, -0.15) is 5.10 Å². The molecule has 1 aliphatic heterocycles. The summed E-state index contributed by atoms with van der Waals surface area (Å²) in [6, 6.07) is 5.94. The van der Waals surface area contributed by atoms with Crippen molar-refractivity contribution in [2.75, 3.05) is 23.3 Å². The minimum atomic E-state index is -0.884. The first-order chi connectivity index (χ1) is 12.8. The van der Waals surface area contributed by atoms with E-state index < -0.39 is 17.2 Å². The number of nitrogens with zero attached hydrogens (tertiary/aromatic N) is 4. The molecule has 0 spiro atoms. The molecule has 0 aliphatic carbocycles. The number of pyridine rings is 1. The molecule has 1 aliphatic rings. The maximum atomic E-state index is 13.9. The van der Waals surface area contributed by atoms with Crippen LogP contribution in [0.2, 0.25) is 0 Å². The molecule has 1 aromatic carbocycles. The average molecular weight is 371 g/mol. The fourth-order valence-electron chi connectivity index (χ4n) is 3.27. The highest BCUT2D eigenvalue weighted by molar-refractivity contribution is 5.94. The van der Waals surface area contributed by atoms with Crippen molar-refractivity contribution in [3.05, 3.63) is 53.4 Å². The molecule has 4 rings (SSSR count). The van der Waals surface area contributed by atoms with Gasteiger partial charge in [-0.05, 0) is 26.0 Å². The predicted molar refractivity (Wildman–Crippen MR) is 98.6 cm³/mol. The standard InChI is InChI=1S/C19H19F2N5O/c1-11-14-8-22-16(26-9-19(2,27)10-26)6-13(14)18(25-24-11)23-7-12-4-3-5-15(20)17(12)21/h3-6,8,27H,7,9-10H2,1-2H3,(H,23,25). The Bertz CT molecular complexity index is 1020. The van der Waals surface area contributed by atoms with Crippen molar-refractivity contribution in [3.63, 3.8) is 0 Å². The molecular weight excluding hydrogens is 352 g/mol. The van der Waals surface area contributed by atoms with E-state index >= 15 is 0 Å². The Balaban J connectivity index is 1.65. The Hall–Kier alpha value is -2.87. The van der Waals surface area contributed by atoms with Crippen LogP contribution in [0.15, 0.2) is 30.5 Å². The van der Waals surface area contributed by atoms with Gasteiger partial charge in [-0.1, -0.05) is 12.1 Å². The largest absolute Gasteiger partial charge is 0.386 e. The van der Waals surface area contributed by atoms with E-state index in [-0.39, 0.29) is 12.1 Å². The fraction of sp³-hybridized carbons (Fsp3) is 0.316. The summed E-state index contributed by atoms with van der Waals surface area (Å²) in [4.78, 5) is 6.41. The number of fused-ring (bicyclic) bond motifs is 1. The lowest BCUT2D eigenvalue weighted by Crippen LogP contribution is -2.60. The minimum absolute atomic E-state index is 0.0759. The molecule has 8 heteroatoms. The molecule has 0 bridgehead atoms. The quantitative estimate of drug-likeness (QED) is 0.735. The molecule has 3 aromatic rings. The number of nitrogens with one attached hydrogen (secondary N) is 1. The highest BCUT2D eigenvalue weighted by atomic mass is 19.2. The first-order valence-electron chi connectivity index (χ1n) is 8.61. The van der Waals surface area contributed by atoms with E-state index in [1.165, 1.54) is 12.1 Å². The van der Waals surface area contributed by atoms with Crippen molar-refractivity contribution in [1.29, 1.82) is 0 Å². The summed E-state index contributed by atoms with van der Waals surface area (Å²) in [7, 11) is 0. The van der Waals surface area contributed by atoms with E-state index in [0.29, 0.717) is 18.9 Å². The molecule has 3 heterocycles. The van der Waals surface area contributed by atoms with Gasteiger partial charge in [-0.25, -0.2) is 13.8 Å². The number of rotatable bonds is 4. The van der Waals surface area contributed by atoms with Crippen LogP contribution in [-0.4, -0.2) is 39.0 Å². The smallest absolute Gasteiger partial charge is 0.163 e. The summed E-state index contributed by atoms with van der Waals surface area (Å²) in [5.41, 5.74) is 0.222. The number of halogens is 2. The number of aliphatic hydroxyl groups is 1. The summed E-state index contributed by atoms with van der Waals surface area (Å²) in [5, 5.41) is 22.9. The molecule has 2 N–H and O–H groups in total. The van der Waals surface area contributed by atoms with Crippen molar-refractivity contribution in [2.24, 2.45) is 0 Å². The zero-order valence-corrected chi connectivity index (χ0v) is 15.0. The summed E-state index contributed by atoms with van der Waals surface area (Å²) in [6.45, 7) is 4.69. The lowest BCUT2D eigenvalue weighted by Gasteiger charge is -2.45. The van der Waals surface area contributed by atoms with Crippen molar-refractivity contribution in [3.8, 4) is 0 Å². The molecule has 2 aromatic heterocycles. The third-order valence-corrected chi connectivity index (χ3v) is 4.70. The lowest BCUT2D eigenvalue weighted by atomic mass is 9.97. The Morgan fingerprint density at radius 3 is 2.74 bits per heavy atom. The van der Waals surface area contributed by atoms with Crippen LogP contribution in [0.25, 0.3) is 10.8 Å². The molecule has 0 radical (unpaired) electrons. The minimum Gasteiger partial charge on any atom is -0.386 e. The van der Waals surface area contributed by atoms with Gasteiger partial charge in [0.15, 0.2) is 17.5 Å². The van der Waals surface area contributed by atoms with Crippen molar-refractivity contribution in [2.45, 2.75) is 26.0 Å². The maximum absolute atomic E-state index is 13.9. The molecule has 140 valence electrons. The fourth-order valence-corrected chi connectivity index (χ4v) is 3.27. The van der Waals surface area contributed by atoms with Gasteiger partial charge in [0.2, 0.25) is 0 Å². The summed E-state index contributed by atoms with van der Waals surface area (Å²) >= 11 is 0. The van der Waals surface area contributed by atoms with Crippen molar-refractivity contribution in [1.82, 2.24) is 15.2 Å². The zero-order valence-electron chi connectivity index (χ0n) is 15.0. The molecule has 0 atom stereocenters. The second-order valence-corrected chi connectivity index (χ2v) is 7.14. The van der Waals surface area contributed by atoms with E-state index in [0.717, 1.165) is 28.4 Å². The lowest BCUT2D eigenvalue weighted by molar-refractivity contribution is 0.0305. The van der Waals surface area contributed by atoms with Crippen molar-refractivity contribution >= 4 is 22.4 Å². The van der Waals surface area contributed by atoms with E-state index in [1.807, 2.05) is 17.9 Å². The molecule has 0 unspecified atom stereocenters. The Kier molecular flexibility index (Phi) is 4.15. The predicted octanol–water partition coefficient (Wildman–Crippen LogP) is 2.79. The zero-order chi connectivity index (χ0) is 19.2. The van der Waals surface area contributed by atoms with Crippen LogP contribution in [0.5, 0.6) is 0 Å². The van der Waals surface area contributed by atoms with E-state index in [1.54, 1.807) is 13.1 Å². The highest BCUT2D eigenvalue weighted by Gasteiger charge is 2.37. The summed E-state index contributed by atoms with van der Waals surface area (Å²) in [5.74, 6) is -0.568. The molecule has 0 saturated carbocycles. The molecule has 1 saturated heterocycles. The number of hydrogen-bond acceptors (Lipinski definition) is 6. The van der Waals surface area contributed by atoms with Crippen LogP contribution >= 0.6 is 0 Å². The first kappa shape index (κ1) is 17.5. The van der Waals surface area contributed by atoms with E-state index in [4.69, 9.17) is 0 Å². The van der Waals surface area contributed by atoms with Crippen LogP contribution in [0.1, 0.15) is 18.2 Å². The van der Waals surface area contributed by atoms with E-state index in [2.05, 4.69) is 20.5 Å². The molecule has 1 fully saturated rings. The third kappa shape index (κ3) is 3.28. The van der Waals surface area contributed by atoms with Gasteiger partial charge in [-0.3, -0.25) is 0 Å². The molecule has 6 nitrogen and oxygen atoms in total. The van der Waals surface area contributed by atoms with Crippen LogP contribution in [-0.2, 0) is 6.54 Å². The van der Waals surface area contributed by atoms with Gasteiger partial charge in [0.1, 0.15) is 5.82 Å². The van der Waals surface area contributed by atoms with Gasteiger partial charge in [0.05, 0.1) is 11.3 Å². The van der Waals surface area contributed by atoms with Crippen LogP contribution in [0, 0.1) is 18.6 Å². The number of anilines is 2. The van der Waals surface area contributed by atoms with Crippen LogP contribution in [0.3, 0.4) is 0 Å². The number of aryl methyl sites for hydroxylation is 1.